The van der Waals surface area contributed by atoms with E-state index in [1.807, 2.05) is 121 Å². The van der Waals surface area contributed by atoms with Gasteiger partial charge in [0.25, 0.3) is 0 Å². The Kier molecular flexibility index (Phi) is 12.7. The van der Waals surface area contributed by atoms with E-state index in [0.717, 1.165) is 31.4 Å². The molecule has 8 rings (SSSR count). The smallest absolute Gasteiger partial charge is 0.423 e. The molecule has 0 saturated carbocycles. The van der Waals surface area contributed by atoms with Crippen molar-refractivity contribution in [3.05, 3.63) is 166 Å². The molecule has 14 nitrogen and oxygen atoms in total. The lowest BCUT2D eigenvalue weighted by molar-refractivity contribution is 0.0525. The number of benzene rings is 4. The molecule has 4 aromatic heterocycles. The van der Waals surface area contributed by atoms with Gasteiger partial charge in [-0.25, -0.2) is 24.0 Å². The number of aryl methyl sites for hydroxylation is 1. The lowest BCUT2D eigenvalue weighted by Gasteiger charge is -2.19. The number of hydrogen-bond donors (Lipinski definition) is 0. The number of carbonyl (C=O) groups excluding carboxylic acids is 3. The highest BCUT2D eigenvalue weighted by Crippen LogP contribution is 2.32. The average molecular weight is 893 g/mol. The molecule has 0 unspecified atom stereocenters. The van der Waals surface area contributed by atoms with Crippen LogP contribution in [0.2, 0.25) is 0 Å². The number of imidazole rings is 2. The Hall–Kier alpha value is -7.61. The average Bonchev–Trinajstić information content (AvgIpc) is 4.02. The number of nitrogens with zero attached hydrogens (tertiary/aromatic N) is 6. The first-order valence-electron chi connectivity index (χ1n) is 21.7. The van der Waals surface area contributed by atoms with Gasteiger partial charge in [-0.05, 0) is 97.7 Å². The van der Waals surface area contributed by atoms with Gasteiger partial charge in [-0.1, -0.05) is 84.9 Å². The second-order valence-corrected chi connectivity index (χ2v) is 19.0. The van der Waals surface area contributed by atoms with Crippen molar-refractivity contribution in [2.75, 3.05) is 0 Å². The van der Waals surface area contributed by atoms with Gasteiger partial charge in [-0.3, -0.25) is 13.7 Å². The van der Waals surface area contributed by atoms with E-state index in [1.54, 1.807) is 96.0 Å². The van der Waals surface area contributed by atoms with Gasteiger partial charge in [-0.2, -0.15) is 9.13 Å². The minimum absolute atomic E-state index is 0.286. The topological polar surface area (TPSA) is 143 Å². The second-order valence-electron chi connectivity index (χ2n) is 19.0. The van der Waals surface area contributed by atoms with Gasteiger partial charge in [0.05, 0.1) is 35.2 Å². The molecule has 0 bridgehead atoms. The zero-order valence-corrected chi connectivity index (χ0v) is 39.1. The highest BCUT2D eigenvalue weighted by Gasteiger charge is 2.28. The van der Waals surface area contributed by atoms with Gasteiger partial charge >= 0.3 is 29.7 Å². The molecule has 0 amide bonds. The fraction of sp³-hybridized carbons (Fsp3) is 0.288. The summed E-state index contributed by atoms with van der Waals surface area (Å²) in [5.74, 6) is 0. The molecule has 4 heterocycles. The molecule has 0 spiro atoms. The largest absolute Gasteiger partial charge is 0.443 e. The fourth-order valence-electron chi connectivity index (χ4n) is 7.51. The van der Waals surface area contributed by atoms with E-state index >= 15 is 0 Å². The zero-order chi connectivity index (χ0) is 47.7. The van der Waals surface area contributed by atoms with Crippen molar-refractivity contribution in [2.45, 2.75) is 92.2 Å². The van der Waals surface area contributed by atoms with E-state index in [9.17, 15) is 24.0 Å². The quantitative estimate of drug-likeness (QED) is 0.150. The van der Waals surface area contributed by atoms with Crippen LogP contribution >= 0.6 is 0 Å². The van der Waals surface area contributed by atoms with Crippen LogP contribution in [0.15, 0.2) is 144 Å². The van der Waals surface area contributed by atoms with Crippen LogP contribution in [0.5, 0.6) is 0 Å². The van der Waals surface area contributed by atoms with Crippen molar-refractivity contribution in [3.8, 4) is 22.3 Å². The molecule has 342 valence electrons. The Morgan fingerprint density at radius 3 is 1.26 bits per heavy atom. The molecule has 0 fully saturated rings. The molecule has 4 aromatic carbocycles. The lowest BCUT2D eigenvalue weighted by atomic mass is 10.1. The highest BCUT2D eigenvalue weighted by molar-refractivity contribution is 5.99. The summed E-state index contributed by atoms with van der Waals surface area (Å²) in [4.78, 5) is 66.0. The molecular weight excluding hydrogens is 837 g/mol. The van der Waals surface area contributed by atoms with Crippen molar-refractivity contribution in [2.24, 2.45) is 7.05 Å². The summed E-state index contributed by atoms with van der Waals surface area (Å²) in [5, 5.41) is 0. The zero-order valence-electron chi connectivity index (χ0n) is 39.1. The molecule has 0 atom stereocenters. The van der Waals surface area contributed by atoms with Crippen molar-refractivity contribution >= 4 is 40.3 Å². The monoisotopic (exact) mass is 892 g/mol. The van der Waals surface area contributed by atoms with Crippen LogP contribution in [-0.4, -0.2) is 62.5 Å². The number of hydrogen-bond acceptors (Lipinski definition) is 8. The molecule has 0 aliphatic heterocycles. The van der Waals surface area contributed by atoms with E-state index in [-0.39, 0.29) is 6.54 Å². The lowest BCUT2D eigenvalue weighted by Crippen LogP contribution is -2.34. The van der Waals surface area contributed by atoms with E-state index in [1.165, 1.54) is 4.57 Å². The second kappa shape index (κ2) is 18.1. The summed E-state index contributed by atoms with van der Waals surface area (Å²) in [6, 6.07) is 34.1. The van der Waals surface area contributed by atoms with E-state index in [2.05, 4.69) is 0 Å². The maximum atomic E-state index is 13.6. The first-order chi connectivity index (χ1) is 31.1. The van der Waals surface area contributed by atoms with Crippen LogP contribution in [0, 0.1) is 0 Å². The van der Waals surface area contributed by atoms with Gasteiger partial charge in [0.2, 0.25) is 0 Å². The molecule has 66 heavy (non-hydrogen) atoms. The molecular formula is C52H56N6O8. The first-order valence-corrected chi connectivity index (χ1v) is 21.7. The Labute approximate surface area is 382 Å². The number of rotatable bonds is 6. The fourth-order valence-corrected chi connectivity index (χ4v) is 7.51. The third-order valence-corrected chi connectivity index (χ3v) is 10.2. The molecule has 8 aromatic rings. The van der Waals surface area contributed by atoms with Gasteiger partial charge in [0, 0.05) is 54.1 Å². The summed E-state index contributed by atoms with van der Waals surface area (Å²) >= 11 is 0. The molecule has 0 saturated heterocycles. The van der Waals surface area contributed by atoms with Gasteiger partial charge in [0.15, 0.2) is 0 Å². The van der Waals surface area contributed by atoms with Crippen LogP contribution in [0.4, 0.5) is 14.4 Å². The predicted octanol–water partition coefficient (Wildman–Crippen LogP) is 10.5. The van der Waals surface area contributed by atoms with Crippen LogP contribution < -0.4 is 11.4 Å². The van der Waals surface area contributed by atoms with Crippen molar-refractivity contribution in [3.63, 3.8) is 0 Å². The van der Waals surface area contributed by atoms with Crippen LogP contribution in [0.25, 0.3) is 44.3 Å². The minimum Gasteiger partial charge on any atom is -0.443 e. The summed E-state index contributed by atoms with van der Waals surface area (Å²) in [6.45, 7) is 16.7. The number of aromatic nitrogens is 6. The Bertz CT molecular complexity index is 3180. The maximum Gasteiger partial charge on any atom is 0.423 e. The van der Waals surface area contributed by atoms with Crippen LogP contribution in [0.1, 0.15) is 73.4 Å². The first kappa shape index (κ1) is 46.4. The normalized spacial score (nSPS) is 11.9. The highest BCUT2D eigenvalue weighted by atomic mass is 16.6. The van der Waals surface area contributed by atoms with Gasteiger partial charge in [-0.15, -0.1) is 0 Å². The van der Waals surface area contributed by atoms with Crippen molar-refractivity contribution in [1.82, 2.24) is 27.4 Å². The summed E-state index contributed by atoms with van der Waals surface area (Å²) in [5.41, 5.74) is 4.08. The van der Waals surface area contributed by atoms with Gasteiger partial charge in [0.1, 0.15) is 16.8 Å². The summed E-state index contributed by atoms with van der Waals surface area (Å²) < 4.78 is 25.3. The Morgan fingerprint density at radius 1 is 0.470 bits per heavy atom. The Morgan fingerprint density at radius 2 is 0.864 bits per heavy atom. The number of carbonyl (C=O) groups is 3. The molecule has 0 aliphatic carbocycles. The van der Waals surface area contributed by atoms with E-state index in [0.29, 0.717) is 39.7 Å². The maximum absolute atomic E-state index is 13.6. The Balaban J connectivity index is 0.000000199. The molecule has 0 radical (unpaired) electrons. The van der Waals surface area contributed by atoms with Crippen molar-refractivity contribution < 1.29 is 28.6 Å². The minimum atomic E-state index is -0.792. The number of ether oxygens (including phenoxy) is 3. The van der Waals surface area contributed by atoms with Crippen LogP contribution in [0.3, 0.4) is 0 Å². The van der Waals surface area contributed by atoms with Crippen molar-refractivity contribution in [1.29, 1.82) is 0 Å². The molecule has 0 N–H and O–H groups in total. The third kappa shape index (κ3) is 10.3. The SMILES string of the molecule is CC(C)(C)OC(=O)n1ccc(-c2cccc3c2n(C(=O)OC(C)(C)C)c(=O)n3Cc2ccccc2)c1.Cn1ccc(-c2cccc3c2n(C(=O)OC(C)(C)C)c(=O)n3Cc2ccccc2)c1. The van der Waals surface area contributed by atoms with E-state index in [4.69, 9.17) is 14.2 Å². The number of para-hydroxylation sites is 2. The predicted molar refractivity (Wildman–Crippen MR) is 256 cm³/mol. The summed E-state index contributed by atoms with van der Waals surface area (Å²) in [7, 11) is 1.94. The van der Waals surface area contributed by atoms with Crippen LogP contribution in [-0.2, 0) is 34.3 Å². The molecule has 14 heteroatoms. The van der Waals surface area contributed by atoms with Gasteiger partial charge < -0.3 is 18.8 Å². The number of fused-ring (bicyclic) bond motifs is 2. The third-order valence-electron chi connectivity index (χ3n) is 10.2. The molecule has 0 aliphatic rings. The standard InChI is InChI=1S/C28H31N3O5.C24H25N3O3/c1-27(2,3)35-25(33)29-16-15-20(18-29)21-13-10-14-22-23(21)31(26(34)36-28(4,5)6)24(32)30(22)17-19-11-8-7-9-12-19;1-24(2,3)30-23(29)27-21-19(18-13-14-25(4)16-18)11-8-12-20(21)26(22(27)28)15-17-9-6-5-7-10-17/h7-16,18H,17H2,1-6H3;5-14,16H,15H2,1-4H3. The summed E-state index contributed by atoms with van der Waals surface area (Å²) in [6.07, 6.45) is 5.17. The van der Waals surface area contributed by atoms with E-state index < -0.39 is 46.5 Å².